The van der Waals surface area contributed by atoms with E-state index in [0.29, 0.717) is 6.20 Å². The highest BCUT2D eigenvalue weighted by molar-refractivity contribution is 5.74. The van der Waals surface area contributed by atoms with E-state index in [1.54, 1.807) is 6.92 Å². The minimum absolute atomic E-state index is 0.0802. The maximum absolute atomic E-state index is 12.5. The Balaban J connectivity index is 3.20. The quantitative estimate of drug-likeness (QED) is 0.499. The van der Waals surface area contributed by atoms with Gasteiger partial charge >= 0.3 is 11.7 Å². The molecule has 0 fully saturated rings. The number of ether oxygens (including phenoxy) is 1. The summed E-state index contributed by atoms with van der Waals surface area (Å²) in [5, 5.41) is 20.2. The van der Waals surface area contributed by atoms with Crippen molar-refractivity contribution in [2.24, 2.45) is 0 Å². The second-order valence-corrected chi connectivity index (χ2v) is 3.40. The molecule has 1 aromatic rings. The average Bonchev–Trinajstić information content (AvgIpc) is 2.30. The van der Waals surface area contributed by atoms with Crippen molar-refractivity contribution in [3.8, 4) is 5.75 Å². The molecule has 0 aromatic carbocycles. The second-order valence-electron chi connectivity index (χ2n) is 3.40. The van der Waals surface area contributed by atoms with Gasteiger partial charge in [0, 0.05) is 6.20 Å². The van der Waals surface area contributed by atoms with E-state index in [1.165, 1.54) is 0 Å². The topological polar surface area (TPSA) is 103 Å². The Labute approximate surface area is 106 Å². The van der Waals surface area contributed by atoms with E-state index in [-0.39, 0.29) is 12.3 Å². The van der Waals surface area contributed by atoms with E-state index in [9.17, 15) is 28.8 Å². The van der Waals surface area contributed by atoms with Crippen molar-refractivity contribution in [3.63, 3.8) is 0 Å². The third kappa shape index (κ3) is 3.33. The molecule has 104 valence electrons. The summed E-state index contributed by atoms with van der Waals surface area (Å²) in [5.41, 5.74) is -2.53. The van der Waals surface area contributed by atoms with Crippen molar-refractivity contribution in [2.75, 3.05) is 6.61 Å². The van der Waals surface area contributed by atoms with Crippen LogP contribution in [0, 0.1) is 10.1 Å². The van der Waals surface area contributed by atoms with E-state index in [1.807, 2.05) is 0 Å². The van der Waals surface area contributed by atoms with Crippen LogP contribution < -0.4 is 0 Å². The molecule has 0 bridgehead atoms. The minimum Gasteiger partial charge on any atom is -0.501 e. The first-order valence-corrected chi connectivity index (χ1v) is 5.17. The lowest BCUT2D eigenvalue weighted by Crippen LogP contribution is -2.10. The highest BCUT2D eigenvalue weighted by Crippen LogP contribution is 2.37. The Morgan fingerprint density at radius 2 is 2.26 bits per heavy atom. The van der Waals surface area contributed by atoms with Crippen LogP contribution in [-0.4, -0.2) is 27.6 Å². The Kier molecular flexibility index (Phi) is 4.67. The fourth-order valence-corrected chi connectivity index (χ4v) is 1.37. The zero-order valence-electron chi connectivity index (χ0n) is 9.80. The molecule has 0 aliphatic carbocycles. The third-order valence-electron chi connectivity index (χ3n) is 2.17. The van der Waals surface area contributed by atoms with Gasteiger partial charge in [-0.05, 0) is 6.92 Å². The molecule has 7 nitrogen and oxygen atoms in total. The van der Waals surface area contributed by atoms with E-state index >= 15 is 0 Å². The molecule has 1 N–H and O–H groups in total. The van der Waals surface area contributed by atoms with Crippen LogP contribution in [0.2, 0.25) is 0 Å². The van der Waals surface area contributed by atoms with Crippen LogP contribution in [0.3, 0.4) is 0 Å². The van der Waals surface area contributed by atoms with Gasteiger partial charge in [-0.25, -0.2) is 8.78 Å². The predicted molar refractivity (Wildman–Crippen MR) is 57.9 cm³/mol. The Bertz CT molecular complexity index is 507. The molecule has 1 aromatic heterocycles. The van der Waals surface area contributed by atoms with E-state index in [2.05, 4.69) is 9.72 Å². The lowest BCUT2D eigenvalue weighted by Gasteiger charge is -2.07. The molecule has 0 amide bonds. The minimum atomic E-state index is -3.16. The monoisotopic (exact) mass is 276 g/mol. The number of pyridine rings is 1. The van der Waals surface area contributed by atoms with Gasteiger partial charge in [0.05, 0.1) is 18.0 Å². The van der Waals surface area contributed by atoms with Crippen molar-refractivity contribution in [1.82, 2.24) is 4.98 Å². The van der Waals surface area contributed by atoms with Crippen LogP contribution in [0.5, 0.6) is 5.75 Å². The van der Waals surface area contributed by atoms with Gasteiger partial charge in [0.25, 0.3) is 6.43 Å². The molecule has 0 saturated heterocycles. The van der Waals surface area contributed by atoms with Crippen molar-refractivity contribution in [3.05, 3.63) is 27.6 Å². The molecule has 0 radical (unpaired) electrons. The number of hydrogen-bond donors (Lipinski definition) is 1. The van der Waals surface area contributed by atoms with E-state index in [4.69, 9.17) is 0 Å². The van der Waals surface area contributed by atoms with Crippen LogP contribution >= 0.6 is 0 Å². The number of nitrogens with zero attached hydrogens (tertiary/aromatic N) is 2. The number of nitro groups is 1. The van der Waals surface area contributed by atoms with Gasteiger partial charge in [0.2, 0.25) is 5.75 Å². The van der Waals surface area contributed by atoms with Crippen LogP contribution in [-0.2, 0) is 16.0 Å². The highest BCUT2D eigenvalue weighted by Gasteiger charge is 2.29. The lowest BCUT2D eigenvalue weighted by atomic mass is 10.1. The van der Waals surface area contributed by atoms with Crippen molar-refractivity contribution < 1.29 is 28.3 Å². The van der Waals surface area contributed by atoms with Gasteiger partial charge in [0.1, 0.15) is 11.3 Å². The summed E-state index contributed by atoms with van der Waals surface area (Å²) in [5.74, 6) is -1.82. The maximum Gasteiger partial charge on any atom is 0.323 e. The van der Waals surface area contributed by atoms with Crippen LogP contribution in [0.15, 0.2) is 6.20 Å². The van der Waals surface area contributed by atoms with Gasteiger partial charge in [-0.2, -0.15) is 0 Å². The molecule has 9 heteroatoms. The molecular formula is C10H10F2N2O5. The molecule has 0 atom stereocenters. The molecule has 0 spiro atoms. The number of rotatable bonds is 5. The number of aromatic nitrogens is 1. The molecule has 0 aliphatic rings. The summed E-state index contributed by atoms with van der Waals surface area (Å²) in [6.07, 6.45) is -3.13. The maximum atomic E-state index is 12.5. The van der Waals surface area contributed by atoms with E-state index < -0.39 is 40.7 Å². The van der Waals surface area contributed by atoms with Crippen LogP contribution in [0.1, 0.15) is 24.6 Å². The van der Waals surface area contributed by atoms with Gasteiger partial charge in [-0.15, -0.1) is 0 Å². The van der Waals surface area contributed by atoms with Crippen molar-refractivity contribution in [1.29, 1.82) is 0 Å². The average molecular weight is 276 g/mol. The van der Waals surface area contributed by atoms with Gasteiger partial charge in [0.15, 0.2) is 0 Å². The largest absolute Gasteiger partial charge is 0.501 e. The Morgan fingerprint density at radius 1 is 1.63 bits per heavy atom. The zero-order chi connectivity index (χ0) is 14.6. The molecule has 0 aliphatic heterocycles. The summed E-state index contributed by atoms with van der Waals surface area (Å²) in [7, 11) is 0. The first kappa shape index (κ1) is 14.7. The summed E-state index contributed by atoms with van der Waals surface area (Å²) in [6, 6.07) is 0. The summed E-state index contributed by atoms with van der Waals surface area (Å²) < 4.78 is 29.6. The summed E-state index contributed by atoms with van der Waals surface area (Å²) in [6.45, 7) is 1.63. The Hall–Kier alpha value is -2.32. The molecule has 19 heavy (non-hydrogen) atoms. The molecular weight excluding hydrogens is 266 g/mol. The highest BCUT2D eigenvalue weighted by atomic mass is 19.3. The van der Waals surface area contributed by atoms with Crippen LogP contribution in [0.4, 0.5) is 14.5 Å². The smallest absolute Gasteiger partial charge is 0.323 e. The first-order chi connectivity index (χ1) is 8.88. The first-order valence-electron chi connectivity index (χ1n) is 5.17. The number of carbonyl (C=O) groups excluding carboxylic acids is 1. The number of esters is 1. The standard InChI is InChI=1S/C10H10F2N2O5/c1-2-19-7(15)3-6-9(16)8(14(17)18)5(4-13-6)10(11)12/h4,10,16H,2-3H2,1H3. The molecule has 0 saturated carbocycles. The zero-order valence-corrected chi connectivity index (χ0v) is 9.80. The SMILES string of the molecule is CCOC(=O)Cc1ncc(C(F)F)c([N+](=O)[O-])c1O. The van der Waals surface area contributed by atoms with Crippen molar-refractivity contribution >= 4 is 11.7 Å². The lowest BCUT2D eigenvalue weighted by molar-refractivity contribution is -0.387. The third-order valence-corrected chi connectivity index (χ3v) is 2.17. The Morgan fingerprint density at radius 3 is 2.74 bits per heavy atom. The van der Waals surface area contributed by atoms with Gasteiger partial charge in [-0.3, -0.25) is 19.9 Å². The fourth-order valence-electron chi connectivity index (χ4n) is 1.37. The second kappa shape index (κ2) is 6.03. The van der Waals surface area contributed by atoms with Crippen LogP contribution in [0.25, 0.3) is 0 Å². The number of alkyl halides is 2. The number of halogens is 2. The normalized spacial score (nSPS) is 10.5. The number of carbonyl (C=O) groups is 1. The number of aromatic hydroxyl groups is 1. The molecule has 0 unspecified atom stereocenters. The molecule has 1 rings (SSSR count). The van der Waals surface area contributed by atoms with E-state index in [0.717, 1.165) is 0 Å². The predicted octanol–water partition coefficient (Wildman–Crippen LogP) is 1.74. The van der Waals surface area contributed by atoms with Crippen molar-refractivity contribution in [2.45, 2.75) is 19.8 Å². The molecule has 1 heterocycles. The fraction of sp³-hybridized carbons (Fsp3) is 0.400. The number of hydrogen-bond acceptors (Lipinski definition) is 6. The van der Waals surface area contributed by atoms with Gasteiger partial charge < -0.3 is 9.84 Å². The van der Waals surface area contributed by atoms with Gasteiger partial charge in [-0.1, -0.05) is 0 Å². The summed E-state index contributed by atoms with van der Waals surface area (Å²) >= 11 is 0. The summed E-state index contributed by atoms with van der Waals surface area (Å²) in [4.78, 5) is 24.1.